The Hall–Kier alpha value is -2.30. The molecular weight excluding hydrogens is 422 g/mol. The Balaban J connectivity index is 1.69. The lowest BCUT2D eigenvalue weighted by atomic mass is 10.1. The largest absolute Gasteiger partial charge is 0.487 e. The number of hydrogen-bond acceptors (Lipinski definition) is 6. The maximum absolute atomic E-state index is 12.9. The summed E-state index contributed by atoms with van der Waals surface area (Å²) < 4.78 is 37.6. The Morgan fingerprint density at radius 3 is 2.66 bits per heavy atom. The normalized spacial score (nSPS) is 17.9. The average molecular weight is 444 g/mol. The minimum atomic E-state index is -3.91. The summed E-state index contributed by atoms with van der Waals surface area (Å²) in [4.78, 5) is 24.2. The molecule has 0 radical (unpaired) electrons. The van der Waals surface area contributed by atoms with E-state index in [-0.39, 0.29) is 24.6 Å². The molecule has 2 amide bonds. The summed E-state index contributed by atoms with van der Waals surface area (Å²) >= 11 is 5.92. The molecule has 0 bridgehead atoms. The second-order valence-electron chi connectivity index (χ2n) is 7.58. The first-order valence-electron chi connectivity index (χ1n) is 8.89. The van der Waals surface area contributed by atoms with E-state index in [4.69, 9.17) is 21.1 Å². The molecule has 1 fully saturated rings. The highest BCUT2D eigenvalue weighted by molar-refractivity contribution is 7.93. The van der Waals surface area contributed by atoms with Crippen LogP contribution in [0.2, 0.25) is 5.02 Å². The van der Waals surface area contributed by atoms with Crippen LogP contribution in [0.15, 0.2) is 23.1 Å². The minimum Gasteiger partial charge on any atom is -0.487 e. The van der Waals surface area contributed by atoms with Gasteiger partial charge in [-0.05, 0) is 45.0 Å². The monoisotopic (exact) mass is 443 g/mol. The van der Waals surface area contributed by atoms with E-state index in [1.165, 1.54) is 6.08 Å². The van der Waals surface area contributed by atoms with Crippen LogP contribution in [-0.2, 0) is 19.6 Å². The lowest BCUT2D eigenvalue weighted by Crippen LogP contribution is -2.58. The van der Waals surface area contributed by atoms with Crippen LogP contribution in [0.5, 0.6) is 5.75 Å². The highest BCUT2D eigenvalue weighted by Crippen LogP contribution is 2.31. The predicted molar refractivity (Wildman–Crippen MR) is 106 cm³/mol. The molecule has 29 heavy (non-hydrogen) atoms. The van der Waals surface area contributed by atoms with E-state index in [0.717, 1.165) is 9.31 Å². The molecule has 1 aromatic carbocycles. The molecular formula is C18H22ClN3O6S. The number of fused-ring (bicyclic) bond motifs is 1. The molecule has 0 atom stereocenters. The van der Waals surface area contributed by atoms with Gasteiger partial charge in [-0.2, -0.15) is 4.31 Å². The van der Waals surface area contributed by atoms with E-state index >= 15 is 0 Å². The van der Waals surface area contributed by atoms with Crippen LogP contribution in [0.3, 0.4) is 0 Å². The number of rotatable bonds is 3. The SMILES string of the molecule is CC(C)(C)OC(=O)NN1CCN(S(=O)(=O)C2=Cc3ccc(Cl)cc3OC2)CC1=O. The minimum absolute atomic E-state index is 0.00234. The van der Waals surface area contributed by atoms with Crippen molar-refractivity contribution in [1.82, 2.24) is 14.7 Å². The van der Waals surface area contributed by atoms with Gasteiger partial charge in [-0.1, -0.05) is 11.6 Å². The van der Waals surface area contributed by atoms with E-state index in [0.29, 0.717) is 16.3 Å². The van der Waals surface area contributed by atoms with Crippen molar-refractivity contribution in [2.75, 3.05) is 26.2 Å². The molecule has 1 saturated heterocycles. The highest BCUT2D eigenvalue weighted by atomic mass is 35.5. The Kier molecular flexibility index (Phi) is 5.79. The third-order valence-electron chi connectivity index (χ3n) is 4.14. The van der Waals surface area contributed by atoms with E-state index in [2.05, 4.69) is 5.43 Å². The van der Waals surface area contributed by atoms with Gasteiger partial charge in [0.25, 0.3) is 5.91 Å². The summed E-state index contributed by atoms with van der Waals surface area (Å²) in [6.45, 7) is 4.57. The van der Waals surface area contributed by atoms with Crippen LogP contribution >= 0.6 is 11.6 Å². The smallest absolute Gasteiger partial charge is 0.426 e. The third kappa shape index (κ3) is 5.01. The van der Waals surface area contributed by atoms with Crippen LogP contribution in [0.1, 0.15) is 26.3 Å². The number of nitrogens with one attached hydrogen (secondary N) is 1. The zero-order valence-corrected chi connectivity index (χ0v) is 17.8. The van der Waals surface area contributed by atoms with Crippen molar-refractivity contribution in [3.63, 3.8) is 0 Å². The zero-order chi connectivity index (χ0) is 21.4. The lowest BCUT2D eigenvalue weighted by Gasteiger charge is -2.34. The second-order valence-corrected chi connectivity index (χ2v) is 10.0. The number of hydrazine groups is 1. The summed E-state index contributed by atoms with van der Waals surface area (Å²) in [5, 5.41) is 1.55. The second kappa shape index (κ2) is 7.85. The number of sulfonamides is 1. The fraction of sp³-hybridized carbons (Fsp3) is 0.444. The quantitative estimate of drug-likeness (QED) is 0.765. The van der Waals surface area contributed by atoms with Gasteiger partial charge in [0, 0.05) is 17.1 Å². The van der Waals surface area contributed by atoms with Crippen LogP contribution < -0.4 is 10.2 Å². The van der Waals surface area contributed by atoms with Crippen molar-refractivity contribution in [2.24, 2.45) is 0 Å². The molecule has 2 aliphatic rings. The Morgan fingerprint density at radius 1 is 1.28 bits per heavy atom. The number of ether oxygens (including phenoxy) is 2. The molecule has 1 N–H and O–H groups in total. The van der Waals surface area contributed by atoms with E-state index < -0.39 is 34.2 Å². The Bertz CT molecular complexity index is 970. The molecule has 9 nitrogen and oxygen atoms in total. The van der Waals surface area contributed by atoms with Gasteiger partial charge in [0.05, 0.1) is 18.0 Å². The summed E-state index contributed by atoms with van der Waals surface area (Å²) in [5.41, 5.74) is 2.22. The van der Waals surface area contributed by atoms with Gasteiger partial charge < -0.3 is 9.47 Å². The van der Waals surface area contributed by atoms with Gasteiger partial charge in [-0.25, -0.2) is 23.6 Å². The Labute approximate surface area is 174 Å². The van der Waals surface area contributed by atoms with Crippen LogP contribution in [-0.4, -0.2) is 61.6 Å². The van der Waals surface area contributed by atoms with Crippen molar-refractivity contribution in [3.05, 3.63) is 33.7 Å². The number of hydrogen-bond donors (Lipinski definition) is 1. The number of nitrogens with zero attached hydrogens (tertiary/aromatic N) is 2. The summed E-state index contributed by atoms with van der Waals surface area (Å²) in [6.07, 6.45) is 0.737. The summed E-state index contributed by atoms with van der Waals surface area (Å²) in [6, 6.07) is 4.92. The standard InChI is InChI=1S/C18H22ClN3O6S/c1-18(2,3)28-17(24)20-22-7-6-21(10-16(22)23)29(25,26)14-8-12-4-5-13(19)9-15(12)27-11-14/h4-5,8-9H,6-7,10-11H2,1-3H3,(H,20,24). The molecule has 11 heteroatoms. The van der Waals surface area contributed by atoms with Crippen molar-refractivity contribution in [3.8, 4) is 5.75 Å². The fourth-order valence-corrected chi connectivity index (χ4v) is 4.40. The number of amides is 2. The molecule has 2 aliphatic heterocycles. The maximum atomic E-state index is 12.9. The lowest BCUT2D eigenvalue weighted by molar-refractivity contribution is -0.137. The molecule has 3 rings (SSSR count). The first-order valence-corrected chi connectivity index (χ1v) is 10.7. The topological polar surface area (TPSA) is 105 Å². The number of benzene rings is 1. The van der Waals surface area contributed by atoms with E-state index in [1.807, 2.05) is 0 Å². The van der Waals surface area contributed by atoms with Gasteiger partial charge in [0.15, 0.2) is 0 Å². The average Bonchev–Trinajstić information content (AvgIpc) is 2.61. The number of carbonyl (C=O) groups is 2. The predicted octanol–water partition coefficient (Wildman–Crippen LogP) is 1.99. The number of carbonyl (C=O) groups excluding carboxylic acids is 2. The molecule has 158 valence electrons. The van der Waals surface area contributed by atoms with Crippen molar-refractivity contribution in [2.45, 2.75) is 26.4 Å². The first-order chi connectivity index (χ1) is 13.5. The van der Waals surface area contributed by atoms with Crippen molar-refractivity contribution < 1.29 is 27.5 Å². The van der Waals surface area contributed by atoms with E-state index in [1.54, 1.807) is 39.0 Å². The van der Waals surface area contributed by atoms with Crippen LogP contribution in [0.4, 0.5) is 4.79 Å². The van der Waals surface area contributed by atoms with Gasteiger partial charge >= 0.3 is 6.09 Å². The molecule has 0 spiro atoms. The summed E-state index contributed by atoms with van der Waals surface area (Å²) in [7, 11) is -3.91. The molecule has 1 aromatic rings. The molecule has 0 aromatic heterocycles. The van der Waals surface area contributed by atoms with E-state index in [9.17, 15) is 18.0 Å². The Morgan fingerprint density at radius 2 is 2.00 bits per heavy atom. The van der Waals surface area contributed by atoms with Gasteiger partial charge in [-0.15, -0.1) is 0 Å². The molecule has 2 heterocycles. The number of piperazine rings is 1. The van der Waals surface area contributed by atoms with Crippen LogP contribution in [0, 0.1) is 0 Å². The van der Waals surface area contributed by atoms with Gasteiger partial charge in [0.2, 0.25) is 10.0 Å². The zero-order valence-electron chi connectivity index (χ0n) is 16.3. The van der Waals surface area contributed by atoms with Gasteiger partial charge in [0.1, 0.15) is 18.0 Å². The molecule has 0 unspecified atom stereocenters. The van der Waals surface area contributed by atoms with Gasteiger partial charge in [-0.3, -0.25) is 4.79 Å². The maximum Gasteiger partial charge on any atom is 0.426 e. The first kappa shape index (κ1) is 21.4. The molecule has 0 saturated carbocycles. The number of halogens is 1. The third-order valence-corrected chi connectivity index (χ3v) is 6.27. The molecule has 0 aliphatic carbocycles. The van der Waals surface area contributed by atoms with Crippen molar-refractivity contribution in [1.29, 1.82) is 0 Å². The van der Waals surface area contributed by atoms with Crippen LogP contribution in [0.25, 0.3) is 6.08 Å². The van der Waals surface area contributed by atoms with Crippen molar-refractivity contribution >= 4 is 39.7 Å². The highest BCUT2D eigenvalue weighted by Gasteiger charge is 2.36. The summed E-state index contributed by atoms with van der Waals surface area (Å²) in [5.74, 6) is -0.0610. The fourth-order valence-electron chi connectivity index (χ4n) is 2.82.